The number of carbonyl (C=O) groups is 1. The molecule has 9 heteroatoms. The van der Waals surface area contributed by atoms with Gasteiger partial charge in [0.1, 0.15) is 5.69 Å². The molecule has 21 heavy (non-hydrogen) atoms. The third-order valence-corrected chi connectivity index (χ3v) is 2.91. The number of rotatable bonds is 7. The van der Waals surface area contributed by atoms with Crippen LogP contribution >= 0.6 is 0 Å². The molecule has 1 atom stereocenters. The number of methoxy groups -OCH3 is 1. The van der Waals surface area contributed by atoms with Gasteiger partial charge in [-0.2, -0.15) is 5.10 Å². The van der Waals surface area contributed by atoms with E-state index in [1.807, 2.05) is 6.92 Å². The van der Waals surface area contributed by atoms with Gasteiger partial charge in [-0.1, -0.05) is 5.21 Å². The molecule has 2 aromatic rings. The number of nitrogens with zero attached hydrogens (tertiary/aromatic N) is 5. The van der Waals surface area contributed by atoms with Gasteiger partial charge >= 0.3 is 5.97 Å². The Hall–Kier alpha value is -2.26. The molecule has 9 nitrogen and oxygen atoms in total. The Morgan fingerprint density at radius 3 is 2.86 bits per heavy atom. The molecule has 2 heterocycles. The molecule has 1 unspecified atom stereocenters. The molecule has 0 bridgehead atoms. The summed E-state index contributed by atoms with van der Waals surface area (Å²) in [5.74, 6) is -1.18. The van der Waals surface area contributed by atoms with Gasteiger partial charge in [-0.25, -0.2) is 9.48 Å². The van der Waals surface area contributed by atoms with Crippen molar-refractivity contribution in [2.24, 2.45) is 0 Å². The Balaban J connectivity index is 2.40. The number of aromatic carboxylic acids is 1. The lowest BCUT2D eigenvalue weighted by atomic mass is 10.2. The first-order chi connectivity index (χ1) is 10.1. The molecule has 0 saturated heterocycles. The van der Waals surface area contributed by atoms with Gasteiger partial charge in [0.25, 0.3) is 0 Å². The SMILES string of the molecule is CCn1cc(-c2c(C(=O)O)nnn2CC(O)COC)cn1. The summed E-state index contributed by atoms with van der Waals surface area (Å²) in [7, 11) is 1.47. The van der Waals surface area contributed by atoms with E-state index in [1.165, 1.54) is 11.8 Å². The van der Waals surface area contributed by atoms with Gasteiger partial charge in [0.15, 0.2) is 5.69 Å². The fraction of sp³-hybridized carbons (Fsp3) is 0.500. The fourth-order valence-corrected chi connectivity index (χ4v) is 1.97. The van der Waals surface area contributed by atoms with Crippen LogP contribution in [-0.4, -0.2) is 60.8 Å². The quantitative estimate of drug-likeness (QED) is 0.730. The van der Waals surface area contributed by atoms with Crippen LogP contribution in [0.1, 0.15) is 17.4 Å². The van der Waals surface area contributed by atoms with Crippen LogP contribution in [0.15, 0.2) is 12.4 Å². The van der Waals surface area contributed by atoms with Crippen LogP contribution in [-0.2, 0) is 17.8 Å². The molecule has 0 aromatic carbocycles. The lowest BCUT2D eigenvalue weighted by Gasteiger charge is -2.11. The van der Waals surface area contributed by atoms with Crippen molar-refractivity contribution in [1.82, 2.24) is 24.8 Å². The number of aromatic nitrogens is 5. The molecule has 2 aromatic heterocycles. The van der Waals surface area contributed by atoms with Crippen molar-refractivity contribution < 1.29 is 19.7 Å². The standard InChI is InChI=1S/C12H17N5O4/c1-3-16-5-8(4-13-16)11-10(12(19)20)14-15-17(11)6-9(18)7-21-2/h4-5,9,18H,3,6-7H2,1-2H3,(H,19,20). The van der Waals surface area contributed by atoms with E-state index in [-0.39, 0.29) is 18.8 Å². The average molecular weight is 295 g/mol. The van der Waals surface area contributed by atoms with Crippen LogP contribution in [0.5, 0.6) is 0 Å². The Morgan fingerprint density at radius 2 is 2.29 bits per heavy atom. The number of aliphatic hydroxyl groups is 1. The molecule has 0 aliphatic carbocycles. The summed E-state index contributed by atoms with van der Waals surface area (Å²) in [4.78, 5) is 11.3. The minimum absolute atomic E-state index is 0.0841. The van der Waals surface area contributed by atoms with Gasteiger partial charge in [-0.05, 0) is 6.92 Å². The van der Waals surface area contributed by atoms with Gasteiger partial charge in [0.05, 0.1) is 25.5 Å². The van der Waals surface area contributed by atoms with E-state index in [4.69, 9.17) is 4.74 Å². The highest BCUT2D eigenvalue weighted by atomic mass is 16.5. The maximum atomic E-state index is 11.3. The largest absolute Gasteiger partial charge is 0.476 e. The van der Waals surface area contributed by atoms with E-state index in [2.05, 4.69) is 15.4 Å². The van der Waals surface area contributed by atoms with Crippen molar-refractivity contribution in [2.75, 3.05) is 13.7 Å². The third kappa shape index (κ3) is 3.26. The minimum Gasteiger partial charge on any atom is -0.476 e. The molecule has 114 valence electrons. The summed E-state index contributed by atoms with van der Waals surface area (Å²) in [5.41, 5.74) is 0.733. The predicted molar refractivity (Wildman–Crippen MR) is 71.8 cm³/mol. The molecule has 2 rings (SSSR count). The first-order valence-electron chi connectivity index (χ1n) is 6.43. The van der Waals surface area contributed by atoms with Gasteiger partial charge in [0, 0.05) is 25.4 Å². The van der Waals surface area contributed by atoms with Crippen molar-refractivity contribution in [2.45, 2.75) is 26.1 Å². The number of aryl methyl sites for hydroxylation is 1. The van der Waals surface area contributed by atoms with Gasteiger partial charge in [-0.15, -0.1) is 5.10 Å². The van der Waals surface area contributed by atoms with Gasteiger partial charge < -0.3 is 14.9 Å². The third-order valence-electron chi connectivity index (χ3n) is 2.91. The highest BCUT2D eigenvalue weighted by Crippen LogP contribution is 2.22. The summed E-state index contributed by atoms with van der Waals surface area (Å²) < 4.78 is 7.87. The first-order valence-corrected chi connectivity index (χ1v) is 6.43. The topological polar surface area (TPSA) is 115 Å². The summed E-state index contributed by atoms with van der Waals surface area (Å²) in [6.07, 6.45) is 2.45. The van der Waals surface area contributed by atoms with Crippen LogP contribution in [0.4, 0.5) is 0 Å². The second-order valence-corrected chi connectivity index (χ2v) is 4.47. The van der Waals surface area contributed by atoms with E-state index in [0.29, 0.717) is 17.8 Å². The van der Waals surface area contributed by atoms with Crippen LogP contribution < -0.4 is 0 Å². The number of carboxylic acids is 1. The Kier molecular flexibility index (Phi) is 4.66. The zero-order valence-corrected chi connectivity index (χ0v) is 11.8. The summed E-state index contributed by atoms with van der Waals surface area (Å²) in [6, 6.07) is 0. The number of hydrogen-bond donors (Lipinski definition) is 2. The van der Waals surface area contributed by atoms with E-state index in [1.54, 1.807) is 17.1 Å². The van der Waals surface area contributed by atoms with Crippen LogP contribution in [0.25, 0.3) is 11.3 Å². The van der Waals surface area contributed by atoms with Gasteiger partial charge in [-0.3, -0.25) is 4.68 Å². The van der Waals surface area contributed by atoms with Crippen molar-refractivity contribution in [3.63, 3.8) is 0 Å². The van der Waals surface area contributed by atoms with Crippen molar-refractivity contribution >= 4 is 5.97 Å². The predicted octanol–water partition coefficient (Wildman–Crippen LogP) is -0.133. The molecule has 0 saturated carbocycles. The van der Waals surface area contributed by atoms with E-state index >= 15 is 0 Å². The molecule has 0 radical (unpaired) electrons. The number of aliphatic hydroxyl groups excluding tert-OH is 1. The average Bonchev–Trinajstić information content (AvgIpc) is 3.04. The van der Waals surface area contributed by atoms with Crippen LogP contribution in [0.3, 0.4) is 0 Å². The second-order valence-electron chi connectivity index (χ2n) is 4.47. The molecule has 0 aliphatic rings. The second kappa shape index (κ2) is 6.46. The van der Waals surface area contributed by atoms with Gasteiger partial charge in [0.2, 0.25) is 0 Å². The molecule has 0 amide bonds. The molecular weight excluding hydrogens is 278 g/mol. The Bertz CT molecular complexity index is 621. The number of hydrogen-bond acceptors (Lipinski definition) is 6. The Labute approximate surface area is 120 Å². The maximum absolute atomic E-state index is 11.3. The molecular formula is C12H17N5O4. The maximum Gasteiger partial charge on any atom is 0.358 e. The lowest BCUT2D eigenvalue weighted by Crippen LogP contribution is -2.22. The highest BCUT2D eigenvalue weighted by Gasteiger charge is 2.23. The molecule has 0 spiro atoms. The summed E-state index contributed by atoms with van der Waals surface area (Å²) in [5, 5.41) is 30.6. The van der Waals surface area contributed by atoms with Crippen molar-refractivity contribution in [3.05, 3.63) is 18.1 Å². The molecule has 0 aliphatic heterocycles. The number of carboxylic acid groups (broad SMARTS) is 1. The highest BCUT2D eigenvalue weighted by molar-refractivity contribution is 5.92. The van der Waals surface area contributed by atoms with Crippen LogP contribution in [0, 0.1) is 0 Å². The minimum atomic E-state index is -1.18. The van der Waals surface area contributed by atoms with E-state index in [0.717, 1.165) is 0 Å². The fourth-order valence-electron chi connectivity index (χ4n) is 1.97. The first kappa shape index (κ1) is 15.1. The molecule has 0 fully saturated rings. The molecule has 2 N–H and O–H groups in total. The lowest BCUT2D eigenvalue weighted by molar-refractivity contribution is 0.0513. The van der Waals surface area contributed by atoms with E-state index in [9.17, 15) is 15.0 Å². The zero-order chi connectivity index (χ0) is 15.4. The number of ether oxygens (including phenoxy) is 1. The monoisotopic (exact) mass is 295 g/mol. The van der Waals surface area contributed by atoms with Crippen LogP contribution in [0.2, 0.25) is 0 Å². The van der Waals surface area contributed by atoms with E-state index < -0.39 is 12.1 Å². The smallest absolute Gasteiger partial charge is 0.358 e. The normalized spacial score (nSPS) is 12.5. The summed E-state index contributed by atoms with van der Waals surface area (Å²) >= 11 is 0. The summed E-state index contributed by atoms with van der Waals surface area (Å²) in [6.45, 7) is 2.79. The van der Waals surface area contributed by atoms with Crippen molar-refractivity contribution in [3.8, 4) is 11.3 Å². The zero-order valence-electron chi connectivity index (χ0n) is 11.8. The van der Waals surface area contributed by atoms with Crippen molar-refractivity contribution in [1.29, 1.82) is 0 Å². The Morgan fingerprint density at radius 1 is 1.52 bits per heavy atom.